The summed E-state index contributed by atoms with van der Waals surface area (Å²) in [6.07, 6.45) is 0.572. The van der Waals surface area contributed by atoms with Crippen molar-refractivity contribution >= 4 is 71.0 Å². The number of benzene rings is 2. The van der Waals surface area contributed by atoms with Crippen molar-refractivity contribution in [3.05, 3.63) is 65.7 Å². The minimum Gasteiger partial charge on any atom is -0.445 e. The second kappa shape index (κ2) is 39.5. The van der Waals surface area contributed by atoms with Crippen molar-refractivity contribution in [2.45, 2.75) is 207 Å². The van der Waals surface area contributed by atoms with Gasteiger partial charge in [-0.25, -0.2) is 9.59 Å². The van der Waals surface area contributed by atoms with E-state index in [1.54, 1.807) is 109 Å². The van der Waals surface area contributed by atoms with Gasteiger partial charge in [0, 0.05) is 73.0 Å². The third-order valence-electron chi connectivity index (χ3n) is 18.4. The van der Waals surface area contributed by atoms with Gasteiger partial charge in [0.05, 0.1) is 54.7 Å². The number of imide groups is 1. The van der Waals surface area contributed by atoms with Gasteiger partial charge in [-0.2, -0.15) is 0 Å². The Kier molecular flexibility index (Phi) is 33.2. The summed E-state index contributed by atoms with van der Waals surface area (Å²) in [6.45, 7) is 18.7. The van der Waals surface area contributed by atoms with Crippen molar-refractivity contribution in [1.82, 2.24) is 46.2 Å². The summed E-state index contributed by atoms with van der Waals surface area (Å²) in [6, 6.07) is 8.72. The highest BCUT2D eigenvalue weighted by atomic mass is 16.6. The van der Waals surface area contributed by atoms with Gasteiger partial charge in [0.1, 0.15) is 30.8 Å². The second-order valence-electron chi connectivity index (χ2n) is 26.6. The molecule has 2 aromatic carbocycles. The molecule has 11 N–H and O–H groups in total. The maximum absolute atomic E-state index is 14.8. The van der Waals surface area contributed by atoms with Gasteiger partial charge in [-0.3, -0.25) is 53.0 Å². The largest absolute Gasteiger partial charge is 0.445 e. The number of ether oxygens (including phenoxy) is 3. The molecule has 536 valence electrons. The Hall–Kier alpha value is -7.75. The van der Waals surface area contributed by atoms with Crippen LogP contribution in [0.2, 0.25) is 0 Å². The number of likely N-dealkylation sites (tertiary alicyclic amines) is 2. The molecule has 0 bridgehead atoms. The number of nitrogens with two attached hydrogens (primary N) is 2. The van der Waals surface area contributed by atoms with Crippen molar-refractivity contribution in [2.24, 2.45) is 47.0 Å². The number of amides is 12. The maximum Gasteiger partial charge on any atom is 0.410 e. The Bertz CT molecular complexity index is 2900. The monoisotopic (exact) mass is 1350 g/mol. The number of carbonyl (C=O) groups excluding carboxylic acids is 11. The third kappa shape index (κ3) is 23.2. The maximum atomic E-state index is 14.8. The van der Waals surface area contributed by atoms with E-state index >= 15 is 0 Å². The van der Waals surface area contributed by atoms with E-state index in [1.807, 2.05) is 32.0 Å². The summed E-state index contributed by atoms with van der Waals surface area (Å²) < 4.78 is 17.8. The number of anilines is 1. The van der Waals surface area contributed by atoms with Crippen LogP contribution in [0.1, 0.15) is 157 Å². The van der Waals surface area contributed by atoms with Crippen molar-refractivity contribution in [2.75, 3.05) is 59.8 Å². The molecule has 1 unspecified atom stereocenters. The summed E-state index contributed by atoms with van der Waals surface area (Å²) in [5, 5.41) is 27.6. The highest BCUT2D eigenvalue weighted by Gasteiger charge is 2.44. The van der Waals surface area contributed by atoms with E-state index in [0.29, 0.717) is 61.9 Å². The first-order valence-corrected chi connectivity index (χ1v) is 33.8. The smallest absolute Gasteiger partial charge is 0.410 e. The first kappa shape index (κ1) is 80.7. The molecule has 96 heavy (non-hydrogen) atoms. The van der Waals surface area contributed by atoms with Gasteiger partial charge in [0.15, 0.2) is 0 Å². The fraction of sp³-hybridized carbons (Fsp3) is 0.667. The van der Waals surface area contributed by atoms with Crippen LogP contribution in [0.5, 0.6) is 0 Å². The molecule has 0 saturated carbocycles. The lowest BCUT2D eigenvalue weighted by Crippen LogP contribution is -2.60. The summed E-state index contributed by atoms with van der Waals surface area (Å²) in [5.41, 5.74) is 12.4. The van der Waals surface area contributed by atoms with Crippen LogP contribution >= 0.6 is 0 Å². The molecule has 2 saturated heterocycles. The molecule has 2 aromatic rings. The highest BCUT2D eigenvalue weighted by molar-refractivity contribution is 6.03. The van der Waals surface area contributed by atoms with E-state index < -0.39 is 126 Å². The number of hydrogen-bond donors (Lipinski definition) is 9. The molecule has 0 radical (unpaired) electrons. The van der Waals surface area contributed by atoms with E-state index in [-0.39, 0.29) is 93.8 Å². The quantitative estimate of drug-likeness (QED) is 0.0329. The van der Waals surface area contributed by atoms with E-state index in [9.17, 15) is 57.8 Å². The van der Waals surface area contributed by atoms with Crippen LogP contribution in [0, 0.1) is 35.5 Å². The molecule has 2 aliphatic rings. The Morgan fingerprint density at radius 1 is 0.740 bits per heavy atom. The summed E-state index contributed by atoms with van der Waals surface area (Å²) in [7, 11) is 6.08. The summed E-state index contributed by atoms with van der Waals surface area (Å²) >= 11 is 0. The minimum atomic E-state index is -1.12. The second-order valence-corrected chi connectivity index (χ2v) is 26.6. The van der Waals surface area contributed by atoms with E-state index in [4.69, 9.17) is 25.7 Å². The Balaban J connectivity index is 1.37. The molecule has 27 nitrogen and oxygen atoms in total. The molecule has 0 aromatic heterocycles. The third-order valence-corrected chi connectivity index (χ3v) is 18.4. The number of hydrogen-bond acceptors (Lipinski definition) is 16. The van der Waals surface area contributed by atoms with Crippen molar-refractivity contribution in [3.63, 3.8) is 0 Å². The first-order valence-electron chi connectivity index (χ1n) is 33.8. The average Bonchev–Trinajstić information content (AvgIpc) is 1.42. The number of aliphatic hydroxyl groups is 1. The molecule has 12 amide bonds. The molecule has 2 aliphatic heterocycles. The predicted octanol–water partition coefficient (Wildman–Crippen LogP) is 4.49. The van der Waals surface area contributed by atoms with Crippen LogP contribution in [-0.2, 0) is 64.0 Å². The number of aliphatic hydroxyl groups excluding tert-OH is 1. The van der Waals surface area contributed by atoms with Gasteiger partial charge in [-0.15, -0.1) is 0 Å². The lowest BCUT2D eigenvalue weighted by molar-refractivity contribution is -0.148. The number of methoxy groups -OCH3 is 2. The standard InChI is InChI=1S/C69H110N12O15/c1-15-43(8)59(52(94-13)37-55(84)80-35-23-27-51(80)61(95-14)44(9)62(86)73-45(10)60(85)47-24-18-16-19-25-47)78(11)67(91)57(41(4)5)77-65(89)58(42(6)7)79(12)69(93)96-39-46-29-31-49(32-30-46)74-63(87)50(26-22-33-72-68(71)92)75-64(88)56(40(2)3)76-53(82)28-20-17-21-34-81-54(83)36-48(38-70)66(81)90/h16,18-19,24-25,29-32,40-45,48,50-52,56-61,85H,15,17,20-23,26-28,33-39,70H2,1-14H3,(H,73,86)(H,74,87)(H,75,88)(H,76,82)(H,77,89)(H3,71,72,92)/t43-,44+,45+,48?,50-,51-,52+,56-,57-,58-,59-,60+,61+/m0/s1. The lowest BCUT2D eigenvalue weighted by Gasteiger charge is -2.41. The molecule has 4 rings (SSSR count). The molecule has 2 heterocycles. The number of nitrogens with zero attached hydrogens (tertiary/aromatic N) is 4. The number of rotatable bonds is 39. The van der Waals surface area contributed by atoms with Crippen LogP contribution in [0.4, 0.5) is 15.3 Å². The summed E-state index contributed by atoms with van der Waals surface area (Å²) in [5.74, 6) is -6.33. The first-order chi connectivity index (χ1) is 45.4. The van der Waals surface area contributed by atoms with Gasteiger partial charge >= 0.3 is 12.1 Å². The minimum absolute atomic E-state index is 0.0791. The molecule has 0 spiro atoms. The Labute approximate surface area is 566 Å². The molecule has 0 aliphatic carbocycles. The SMILES string of the molecule is CC[C@H](C)[C@@H]([C@@H](CC(=O)N1CCC[C@H]1[C@H](OC)[C@@H](C)C(=O)N[C@H](C)[C@@H](O)c1ccccc1)OC)N(C)C(=O)[C@@H](NC(=O)[C@H](C(C)C)N(C)C(=O)OCc1ccc(NC(=O)[C@H](CCCNC(N)=O)NC(=O)[C@@H](NC(=O)CCCCCN2C(=O)CC(CN)C2=O)C(C)C)cc1)C(C)C. The van der Waals surface area contributed by atoms with Crippen LogP contribution in [0.3, 0.4) is 0 Å². The van der Waals surface area contributed by atoms with Crippen LogP contribution < -0.4 is 43.4 Å². The number of urea groups is 1. The normalized spacial score (nSPS) is 18.2. The van der Waals surface area contributed by atoms with Gasteiger partial charge in [0.25, 0.3) is 0 Å². The molecule has 2 fully saturated rings. The average molecular weight is 1350 g/mol. The van der Waals surface area contributed by atoms with E-state index in [0.717, 1.165) is 0 Å². The number of carbonyl (C=O) groups is 11. The molecular formula is C69H110N12O15. The number of primary amides is 1. The van der Waals surface area contributed by atoms with Crippen molar-refractivity contribution < 1.29 is 72.1 Å². The van der Waals surface area contributed by atoms with E-state index in [1.165, 1.54) is 31.1 Å². The van der Waals surface area contributed by atoms with Crippen LogP contribution in [0.25, 0.3) is 0 Å². The lowest BCUT2D eigenvalue weighted by atomic mass is 9.89. The van der Waals surface area contributed by atoms with Crippen LogP contribution in [0.15, 0.2) is 54.6 Å². The topological polar surface area (TPSA) is 373 Å². The predicted molar refractivity (Wildman–Crippen MR) is 361 cm³/mol. The zero-order valence-corrected chi connectivity index (χ0v) is 58.9. The van der Waals surface area contributed by atoms with Gasteiger partial charge in [-0.1, -0.05) is 118 Å². The number of likely N-dealkylation sites (N-methyl/N-ethyl adjacent to an activating group) is 2. The Morgan fingerprint density at radius 2 is 1.40 bits per heavy atom. The Morgan fingerprint density at radius 3 is 1.97 bits per heavy atom. The zero-order chi connectivity index (χ0) is 71.7. The van der Waals surface area contributed by atoms with Crippen molar-refractivity contribution in [1.29, 1.82) is 0 Å². The van der Waals surface area contributed by atoms with Crippen molar-refractivity contribution in [3.8, 4) is 0 Å². The van der Waals surface area contributed by atoms with Crippen LogP contribution in [-0.4, -0.2) is 199 Å². The molecule has 13 atom stereocenters. The number of unbranched alkanes of at least 4 members (excludes halogenated alkanes) is 2. The molecular weight excluding hydrogens is 1240 g/mol. The van der Waals surface area contributed by atoms with Gasteiger partial charge in [-0.05, 0) is 92.4 Å². The van der Waals surface area contributed by atoms with Gasteiger partial charge < -0.3 is 72.5 Å². The van der Waals surface area contributed by atoms with E-state index in [2.05, 4.69) is 31.9 Å². The summed E-state index contributed by atoms with van der Waals surface area (Å²) in [4.78, 5) is 154. The highest BCUT2D eigenvalue weighted by Crippen LogP contribution is 2.31. The fourth-order valence-electron chi connectivity index (χ4n) is 12.6. The zero-order valence-electron chi connectivity index (χ0n) is 58.9. The fourth-order valence-corrected chi connectivity index (χ4v) is 12.6. The van der Waals surface area contributed by atoms with Gasteiger partial charge in [0.2, 0.25) is 53.2 Å². The number of nitrogens with one attached hydrogen (secondary N) is 6. The molecule has 27 heteroatoms.